The van der Waals surface area contributed by atoms with Gasteiger partial charge in [-0.15, -0.1) is 0 Å². The fraction of sp³-hybridized carbons (Fsp3) is 0.368. The van der Waals surface area contributed by atoms with Crippen LogP contribution in [0.15, 0.2) is 35.3 Å². The third-order valence-electron chi connectivity index (χ3n) is 4.62. The Labute approximate surface area is 151 Å². The van der Waals surface area contributed by atoms with Crippen molar-refractivity contribution in [3.8, 4) is 0 Å². The first-order valence-electron chi connectivity index (χ1n) is 8.63. The molecule has 1 fully saturated rings. The van der Waals surface area contributed by atoms with Gasteiger partial charge in [-0.2, -0.15) is 0 Å². The summed E-state index contributed by atoms with van der Waals surface area (Å²) >= 11 is 0. The zero-order valence-corrected chi connectivity index (χ0v) is 14.9. The molecule has 1 unspecified atom stereocenters. The molecule has 1 aliphatic heterocycles. The molecule has 2 aromatic rings. The number of nitrogens with one attached hydrogen (secondary N) is 2. The van der Waals surface area contributed by atoms with Crippen LogP contribution in [0.5, 0.6) is 0 Å². The van der Waals surface area contributed by atoms with Crippen molar-refractivity contribution >= 4 is 11.8 Å². The van der Waals surface area contributed by atoms with Crippen LogP contribution in [0, 0.1) is 13.8 Å². The largest absolute Gasteiger partial charge is 0.352 e. The smallest absolute Gasteiger partial charge is 0.261 e. The molecule has 7 nitrogen and oxygen atoms in total. The summed E-state index contributed by atoms with van der Waals surface area (Å²) in [6, 6.07) is 7.00. The minimum absolute atomic E-state index is 0.00994. The first-order chi connectivity index (χ1) is 12.4. The van der Waals surface area contributed by atoms with E-state index in [0.717, 1.165) is 17.0 Å². The normalized spacial score (nSPS) is 16.4. The molecule has 2 amide bonds. The van der Waals surface area contributed by atoms with Crippen LogP contribution in [0.3, 0.4) is 0 Å². The second-order valence-corrected chi connectivity index (χ2v) is 6.63. The molecule has 0 radical (unpaired) electrons. The monoisotopic (exact) mass is 354 g/mol. The van der Waals surface area contributed by atoms with Gasteiger partial charge in [0, 0.05) is 30.9 Å². The molecule has 3 heterocycles. The van der Waals surface area contributed by atoms with Gasteiger partial charge in [0.2, 0.25) is 5.91 Å². The lowest BCUT2D eigenvalue weighted by Crippen LogP contribution is -2.43. The fourth-order valence-corrected chi connectivity index (χ4v) is 3.04. The molecule has 0 aliphatic carbocycles. The van der Waals surface area contributed by atoms with Gasteiger partial charge in [-0.1, -0.05) is 6.07 Å². The molecule has 3 rings (SSSR count). The lowest BCUT2D eigenvalue weighted by Gasteiger charge is -2.25. The molecule has 2 N–H and O–H groups in total. The van der Waals surface area contributed by atoms with Gasteiger partial charge in [-0.05, 0) is 44.0 Å². The molecule has 1 aliphatic rings. The Kier molecular flexibility index (Phi) is 5.16. The number of aromatic amines is 1. The van der Waals surface area contributed by atoms with E-state index in [4.69, 9.17) is 0 Å². The third kappa shape index (κ3) is 3.99. The average molecular weight is 354 g/mol. The highest BCUT2D eigenvalue weighted by Gasteiger charge is 2.27. The highest BCUT2D eigenvalue weighted by molar-refractivity contribution is 5.94. The third-order valence-corrected chi connectivity index (χ3v) is 4.62. The Morgan fingerprint density at radius 1 is 1.31 bits per heavy atom. The number of aryl methyl sites for hydroxylation is 2. The van der Waals surface area contributed by atoms with Crippen molar-refractivity contribution in [1.82, 2.24) is 20.2 Å². The summed E-state index contributed by atoms with van der Waals surface area (Å²) in [6.07, 6.45) is 2.80. The van der Waals surface area contributed by atoms with E-state index in [1.54, 1.807) is 30.2 Å². The summed E-state index contributed by atoms with van der Waals surface area (Å²) in [5.74, 6) is -0.370. The zero-order valence-electron chi connectivity index (χ0n) is 14.9. The van der Waals surface area contributed by atoms with E-state index in [1.807, 2.05) is 19.1 Å². The second-order valence-electron chi connectivity index (χ2n) is 6.63. The minimum Gasteiger partial charge on any atom is -0.352 e. The number of amides is 2. The number of rotatable bonds is 5. The van der Waals surface area contributed by atoms with Gasteiger partial charge in [0.1, 0.15) is 5.56 Å². The number of carbonyl (C=O) groups excluding carboxylic acids is 2. The van der Waals surface area contributed by atoms with Crippen LogP contribution in [-0.2, 0) is 11.3 Å². The van der Waals surface area contributed by atoms with Crippen LogP contribution in [0.1, 0.15) is 40.2 Å². The van der Waals surface area contributed by atoms with E-state index in [0.29, 0.717) is 19.4 Å². The van der Waals surface area contributed by atoms with Gasteiger partial charge >= 0.3 is 0 Å². The lowest BCUT2D eigenvalue weighted by atomic mass is 10.1. The SMILES string of the molecule is Cc1cc(C(=O)N(Cc2ccccn2)CC2CCC(=O)N2)c(=O)[nH]c1C. The average Bonchev–Trinajstić information content (AvgIpc) is 3.03. The maximum Gasteiger partial charge on any atom is 0.261 e. The van der Waals surface area contributed by atoms with Crippen molar-refractivity contribution in [3.05, 3.63) is 63.3 Å². The quantitative estimate of drug-likeness (QED) is 0.846. The van der Waals surface area contributed by atoms with Crippen molar-refractivity contribution in [2.24, 2.45) is 0 Å². The van der Waals surface area contributed by atoms with Crippen LogP contribution in [0.2, 0.25) is 0 Å². The van der Waals surface area contributed by atoms with E-state index >= 15 is 0 Å². The predicted molar refractivity (Wildman–Crippen MR) is 96.7 cm³/mol. The van der Waals surface area contributed by atoms with E-state index in [1.165, 1.54) is 0 Å². The summed E-state index contributed by atoms with van der Waals surface area (Å²) < 4.78 is 0. The minimum atomic E-state index is -0.403. The summed E-state index contributed by atoms with van der Waals surface area (Å²) in [5, 5.41) is 2.87. The number of pyridine rings is 2. The molecular weight excluding hydrogens is 332 g/mol. The highest BCUT2D eigenvalue weighted by atomic mass is 16.2. The molecule has 7 heteroatoms. The number of carbonyl (C=O) groups is 2. The molecule has 0 spiro atoms. The van der Waals surface area contributed by atoms with Crippen LogP contribution in [0.4, 0.5) is 0 Å². The second kappa shape index (κ2) is 7.51. The number of aromatic nitrogens is 2. The summed E-state index contributed by atoms with van der Waals surface area (Å²) in [7, 11) is 0. The Morgan fingerprint density at radius 3 is 2.77 bits per heavy atom. The summed E-state index contributed by atoms with van der Waals surface area (Å²) in [4.78, 5) is 45.4. The van der Waals surface area contributed by atoms with Crippen LogP contribution in [-0.4, -0.2) is 39.3 Å². The van der Waals surface area contributed by atoms with Crippen molar-refractivity contribution in [2.45, 2.75) is 39.3 Å². The van der Waals surface area contributed by atoms with Gasteiger partial charge in [-0.3, -0.25) is 19.4 Å². The molecule has 136 valence electrons. The van der Waals surface area contributed by atoms with Gasteiger partial charge in [0.05, 0.1) is 12.2 Å². The number of hydrogen-bond donors (Lipinski definition) is 2. The van der Waals surface area contributed by atoms with E-state index in [-0.39, 0.29) is 30.0 Å². The van der Waals surface area contributed by atoms with E-state index in [9.17, 15) is 14.4 Å². The number of H-pyrrole nitrogens is 1. The Morgan fingerprint density at radius 2 is 2.12 bits per heavy atom. The highest BCUT2D eigenvalue weighted by Crippen LogP contribution is 2.14. The predicted octanol–water partition coefficient (Wildman–Crippen LogP) is 1.31. The number of hydrogen-bond acceptors (Lipinski definition) is 4. The van der Waals surface area contributed by atoms with Crippen molar-refractivity contribution in [3.63, 3.8) is 0 Å². The van der Waals surface area contributed by atoms with Crippen molar-refractivity contribution < 1.29 is 9.59 Å². The zero-order chi connectivity index (χ0) is 18.7. The molecule has 0 bridgehead atoms. The lowest BCUT2D eigenvalue weighted by molar-refractivity contribution is -0.119. The van der Waals surface area contributed by atoms with E-state index < -0.39 is 5.56 Å². The molecule has 2 aromatic heterocycles. The maximum absolute atomic E-state index is 13.1. The Bertz CT molecular complexity index is 876. The summed E-state index contributed by atoms with van der Waals surface area (Å²) in [5.41, 5.74) is 2.02. The molecular formula is C19H22N4O3. The van der Waals surface area contributed by atoms with Crippen molar-refractivity contribution in [2.75, 3.05) is 6.54 Å². The first kappa shape index (κ1) is 17.8. The molecule has 26 heavy (non-hydrogen) atoms. The summed E-state index contributed by atoms with van der Waals surface area (Å²) in [6.45, 7) is 4.26. The Balaban J connectivity index is 1.88. The van der Waals surface area contributed by atoms with Gasteiger partial charge < -0.3 is 15.2 Å². The van der Waals surface area contributed by atoms with E-state index in [2.05, 4.69) is 15.3 Å². The van der Waals surface area contributed by atoms with Gasteiger partial charge in [0.15, 0.2) is 0 Å². The molecule has 1 saturated heterocycles. The first-order valence-corrected chi connectivity index (χ1v) is 8.63. The number of nitrogens with zero attached hydrogens (tertiary/aromatic N) is 2. The molecule has 1 atom stereocenters. The van der Waals surface area contributed by atoms with Gasteiger partial charge in [0.25, 0.3) is 11.5 Å². The van der Waals surface area contributed by atoms with Crippen molar-refractivity contribution in [1.29, 1.82) is 0 Å². The van der Waals surface area contributed by atoms with Crippen LogP contribution >= 0.6 is 0 Å². The maximum atomic E-state index is 13.1. The Hall–Kier alpha value is -2.96. The van der Waals surface area contributed by atoms with Crippen LogP contribution < -0.4 is 10.9 Å². The standard InChI is InChI=1S/C19H22N4O3/c1-12-9-16(18(25)21-13(12)2)19(26)23(10-14-5-3-4-8-20-14)11-15-6-7-17(24)22-15/h3-5,8-9,15H,6-7,10-11H2,1-2H3,(H,21,25)(H,22,24). The van der Waals surface area contributed by atoms with Crippen LogP contribution in [0.25, 0.3) is 0 Å². The molecule has 0 saturated carbocycles. The van der Waals surface area contributed by atoms with Gasteiger partial charge in [-0.25, -0.2) is 0 Å². The topological polar surface area (TPSA) is 95.2 Å². The molecule has 0 aromatic carbocycles. The fourth-order valence-electron chi connectivity index (χ4n) is 3.04.